The summed E-state index contributed by atoms with van der Waals surface area (Å²) in [5, 5.41) is 3.27. The molecule has 1 heterocycles. The largest absolute Gasteiger partial charge is 0.314 e. The van der Waals surface area contributed by atoms with Crippen LogP contribution in [0.4, 0.5) is 0 Å². The summed E-state index contributed by atoms with van der Waals surface area (Å²) in [5.41, 5.74) is 0. The summed E-state index contributed by atoms with van der Waals surface area (Å²) in [6.07, 6.45) is 0. The number of hydrogen-bond donors (Lipinski definition) is 1. The molecule has 1 aliphatic rings. The van der Waals surface area contributed by atoms with Crippen molar-refractivity contribution in [2.75, 3.05) is 33.2 Å². The van der Waals surface area contributed by atoms with Crippen molar-refractivity contribution in [1.82, 2.24) is 10.2 Å². The molecule has 0 atom stereocenters. The highest BCUT2D eigenvalue weighted by Gasteiger charge is 2.01. The fourth-order valence-electron chi connectivity index (χ4n) is 0.777. The Morgan fingerprint density at radius 1 is 0.909 bits per heavy atom. The Hall–Kier alpha value is -0.0800. The molecule has 0 saturated carbocycles. The van der Waals surface area contributed by atoms with Crippen molar-refractivity contribution >= 4 is 0 Å². The van der Waals surface area contributed by atoms with E-state index in [2.05, 4.69) is 17.3 Å². The van der Waals surface area contributed by atoms with Gasteiger partial charge in [-0.15, -0.1) is 0 Å². The first-order chi connectivity index (χ1) is 5.39. The minimum Gasteiger partial charge on any atom is -0.314 e. The van der Waals surface area contributed by atoms with Gasteiger partial charge in [-0.05, 0) is 7.05 Å². The molecule has 70 valence electrons. The van der Waals surface area contributed by atoms with Crippen molar-refractivity contribution < 1.29 is 0 Å². The van der Waals surface area contributed by atoms with Gasteiger partial charge in [0.2, 0.25) is 0 Å². The maximum Gasteiger partial charge on any atom is 0.0104 e. The molecule has 1 rings (SSSR count). The van der Waals surface area contributed by atoms with Gasteiger partial charge in [0.15, 0.2) is 0 Å². The second-order valence-corrected chi connectivity index (χ2v) is 2.05. The van der Waals surface area contributed by atoms with Gasteiger partial charge in [0, 0.05) is 26.2 Å². The van der Waals surface area contributed by atoms with Gasteiger partial charge < -0.3 is 10.2 Å². The van der Waals surface area contributed by atoms with E-state index in [0.717, 1.165) is 13.1 Å². The molecule has 1 aliphatic heterocycles. The zero-order valence-electron chi connectivity index (χ0n) is 8.78. The molecule has 0 unspecified atom stereocenters. The molecule has 2 heteroatoms. The van der Waals surface area contributed by atoms with Crippen molar-refractivity contribution in [1.29, 1.82) is 0 Å². The minimum atomic E-state index is 1.16. The van der Waals surface area contributed by atoms with E-state index in [-0.39, 0.29) is 0 Å². The molecule has 2 nitrogen and oxygen atoms in total. The Morgan fingerprint density at radius 2 is 1.27 bits per heavy atom. The summed E-state index contributed by atoms with van der Waals surface area (Å²) < 4.78 is 0. The molecular formula is C9H24N2. The third-order valence-corrected chi connectivity index (χ3v) is 1.34. The van der Waals surface area contributed by atoms with Gasteiger partial charge in [-0.25, -0.2) is 0 Å². The first-order valence-corrected chi connectivity index (χ1v) is 4.79. The molecule has 1 saturated heterocycles. The van der Waals surface area contributed by atoms with Crippen LogP contribution >= 0.6 is 0 Å². The molecule has 0 aromatic heterocycles. The smallest absolute Gasteiger partial charge is 0.0104 e. The van der Waals surface area contributed by atoms with Crippen molar-refractivity contribution in [3.05, 3.63) is 0 Å². The molecular weight excluding hydrogens is 136 g/mol. The summed E-state index contributed by atoms with van der Waals surface area (Å²) in [7, 11) is 2.15. The summed E-state index contributed by atoms with van der Waals surface area (Å²) >= 11 is 0. The zero-order valence-corrected chi connectivity index (χ0v) is 8.78. The van der Waals surface area contributed by atoms with E-state index in [1.54, 1.807) is 0 Å². The molecule has 1 N–H and O–H groups in total. The first-order valence-electron chi connectivity index (χ1n) is 4.79. The molecule has 0 amide bonds. The second kappa shape index (κ2) is 12.6. The molecule has 0 bridgehead atoms. The van der Waals surface area contributed by atoms with Gasteiger partial charge >= 0.3 is 0 Å². The van der Waals surface area contributed by atoms with Crippen LogP contribution in [0.15, 0.2) is 0 Å². The lowest BCUT2D eigenvalue weighted by atomic mass is 10.4. The first kappa shape index (κ1) is 13.5. The van der Waals surface area contributed by atoms with Gasteiger partial charge in [0.05, 0.1) is 0 Å². The van der Waals surface area contributed by atoms with E-state index in [4.69, 9.17) is 0 Å². The van der Waals surface area contributed by atoms with Crippen LogP contribution in [-0.4, -0.2) is 38.1 Å². The normalized spacial score (nSPS) is 17.2. The average Bonchev–Trinajstić information content (AvgIpc) is 2.13. The van der Waals surface area contributed by atoms with Gasteiger partial charge in [0.1, 0.15) is 0 Å². The van der Waals surface area contributed by atoms with Gasteiger partial charge in [-0.2, -0.15) is 0 Å². The highest BCUT2D eigenvalue weighted by molar-refractivity contribution is 4.62. The number of rotatable bonds is 0. The maximum atomic E-state index is 3.27. The van der Waals surface area contributed by atoms with E-state index in [9.17, 15) is 0 Å². The van der Waals surface area contributed by atoms with E-state index < -0.39 is 0 Å². The van der Waals surface area contributed by atoms with Crippen LogP contribution in [0.5, 0.6) is 0 Å². The fourth-order valence-corrected chi connectivity index (χ4v) is 0.777. The molecule has 0 aliphatic carbocycles. The molecule has 11 heavy (non-hydrogen) atoms. The topological polar surface area (TPSA) is 15.3 Å². The number of nitrogens with one attached hydrogen (secondary N) is 1. The van der Waals surface area contributed by atoms with Crippen LogP contribution in [0, 0.1) is 0 Å². The molecule has 0 aromatic rings. The van der Waals surface area contributed by atoms with Gasteiger partial charge in [-0.1, -0.05) is 27.7 Å². The number of piperazine rings is 1. The summed E-state index contributed by atoms with van der Waals surface area (Å²) in [4.78, 5) is 2.33. The second-order valence-electron chi connectivity index (χ2n) is 2.05. The van der Waals surface area contributed by atoms with Crippen molar-refractivity contribution in [2.45, 2.75) is 27.7 Å². The Bertz CT molecular complexity index is 49.5. The maximum absolute atomic E-state index is 3.27. The third-order valence-electron chi connectivity index (χ3n) is 1.34. The van der Waals surface area contributed by atoms with Crippen molar-refractivity contribution in [3.63, 3.8) is 0 Å². The van der Waals surface area contributed by atoms with E-state index in [1.807, 2.05) is 27.7 Å². The number of likely N-dealkylation sites (N-methyl/N-ethyl adjacent to an activating group) is 1. The monoisotopic (exact) mass is 160 g/mol. The Kier molecular flexibility index (Phi) is 15.4. The predicted octanol–water partition coefficient (Wildman–Crippen LogP) is 1.57. The van der Waals surface area contributed by atoms with Crippen LogP contribution < -0.4 is 5.32 Å². The van der Waals surface area contributed by atoms with E-state index in [0.29, 0.717) is 0 Å². The Balaban J connectivity index is 0. The Morgan fingerprint density at radius 3 is 1.45 bits per heavy atom. The average molecular weight is 160 g/mol. The molecule has 1 fully saturated rings. The zero-order chi connectivity index (χ0) is 9.11. The molecule has 0 aromatic carbocycles. The molecule has 0 radical (unpaired) electrons. The lowest BCUT2D eigenvalue weighted by Crippen LogP contribution is -2.40. The standard InChI is InChI=1S/C5H12N2.2C2H6/c1-7-4-2-6-3-5-7;2*1-2/h6H,2-5H2,1H3;2*1-2H3. The van der Waals surface area contributed by atoms with Crippen molar-refractivity contribution in [2.24, 2.45) is 0 Å². The minimum absolute atomic E-state index is 1.16. The molecule has 0 spiro atoms. The van der Waals surface area contributed by atoms with Crippen molar-refractivity contribution in [3.8, 4) is 0 Å². The van der Waals surface area contributed by atoms with Gasteiger partial charge in [-0.3, -0.25) is 0 Å². The third kappa shape index (κ3) is 9.92. The quantitative estimate of drug-likeness (QED) is 0.579. The SMILES string of the molecule is CC.CC.CN1CCNCC1. The van der Waals surface area contributed by atoms with E-state index >= 15 is 0 Å². The van der Waals surface area contributed by atoms with E-state index in [1.165, 1.54) is 13.1 Å². The number of nitrogens with zero attached hydrogens (tertiary/aromatic N) is 1. The fraction of sp³-hybridized carbons (Fsp3) is 1.00. The van der Waals surface area contributed by atoms with Crippen LogP contribution in [0.2, 0.25) is 0 Å². The summed E-state index contributed by atoms with van der Waals surface area (Å²) in [6, 6.07) is 0. The number of hydrogen-bond acceptors (Lipinski definition) is 2. The van der Waals surface area contributed by atoms with Crippen LogP contribution in [-0.2, 0) is 0 Å². The highest BCUT2D eigenvalue weighted by Crippen LogP contribution is 1.82. The highest BCUT2D eigenvalue weighted by atomic mass is 15.2. The lowest BCUT2D eigenvalue weighted by molar-refractivity contribution is 0.291. The summed E-state index contributed by atoms with van der Waals surface area (Å²) in [6.45, 7) is 12.7. The predicted molar refractivity (Wildman–Crippen MR) is 53.1 cm³/mol. The van der Waals surface area contributed by atoms with Crippen LogP contribution in [0.1, 0.15) is 27.7 Å². The summed E-state index contributed by atoms with van der Waals surface area (Å²) in [5.74, 6) is 0. The lowest BCUT2D eigenvalue weighted by Gasteiger charge is -2.21. The van der Waals surface area contributed by atoms with Crippen LogP contribution in [0.3, 0.4) is 0 Å². The Labute approximate surface area is 72.0 Å². The van der Waals surface area contributed by atoms with Gasteiger partial charge in [0.25, 0.3) is 0 Å². The van der Waals surface area contributed by atoms with Crippen LogP contribution in [0.25, 0.3) is 0 Å².